The molecule has 1 amide bonds. The van der Waals surface area contributed by atoms with Crippen LogP contribution in [0.4, 0.5) is 0 Å². The van der Waals surface area contributed by atoms with E-state index in [1.54, 1.807) is 7.11 Å². The van der Waals surface area contributed by atoms with Crippen LogP contribution in [-0.2, 0) is 9.53 Å². The molecule has 0 aromatic heterocycles. The maximum absolute atomic E-state index is 12.0. The standard InChI is InChI=1S/C15H21ClN2O2/c1-20-10-14(11-5-7-12(16)8-6-11)18-13-4-2-3-9-17-15(13)19/h5-8,13-14,18H,2-4,9-10H2,1H3,(H,17,19). The summed E-state index contributed by atoms with van der Waals surface area (Å²) < 4.78 is 5.27. The van der Waals surface area contributed by atoms with Gasteiger partial charge in [-0.25, -0.2) is 0 Å². The number of halogens is 1. The van der Waals surface area contributed by atoms with Crippen molar-refractivity contribution in [2.75, 3.05) is 20.3 Å². The van der Waals surface area contributed by atoms with E-state index in [0.29, 0.717) is 11.6 Å². The lowest BCUT2D eigenvalue weighted by molar-refractivity contribution is -0.123. The van der Waals surface area contributed by atoms with Crippen LogP contribution in [0.2, 0.25) is 5.02 Å². The van der Waals surface area contributed by atoms with Gasteiger partial charge in [0.25, 0.3) is 0 Å². The number of rotatable bonds is 5. The Kier molecular flexibility index (Phi) is 5.83. The fourth-order valence-electron chi connectivity index (χ4n) is 2.44. The van der Waals surface area contributed by atoms with Gasteiger partial charge in [-0.2, -0.15) is 0 Å². The molecule has 2 atom stereocenters. The maximum atomic E-state index is 12.0. The van der Waals surface area contributed by atoms with Crippen LogP contribution in [0.15, 0.2) is 24.3 Å². The van der Waals surface area contributed by atoms with Gasteiger partial charge in [-0.05, 0) is 37.0 Å². The van der Waals surface area contributed by atoms with Gasteiger partial charge in [0.2, 0.25) is 5.91 Å². The zero-order chi connectivity index (χ0) is 14.4. The lowest BCUT2D eigenvalue weighted by Crippen LogP contribution is -2.45. The molecular formula is C15H21ClN2O2. The van der Waals surface area contributed by atoms with E-state index in [1.807, 2.05) is 24.3 Å². The molecular weight excluding hydrogens is 276 g/mol. The number of benzene rings is 1. The van der Waals surface area contributed by atoms with Crippen LogP contribution in [0.1, 0.15) is 30.9 Å². The molecule has 1 fully saturated rings. The molecule has 5 heteroatoms. The minimum absolute atomic E-state index is 0.00823. The van der Waals surface area contributed by atoms with E-state index in [9.17, 15) is 4.79 Å². The highest BCUT2D eigenvalue weighted by atomic mass is 35.5. The fourth-order valence-corrected chi connectivity index (χ4v) is 2.57. The second-order valence-electron chi connectivity index (χ2n) is 5.07. The van der Waals surface area contributed by atoms with E-state index in [4.69, 9.17) is 16.3 Å². The number of nitrogens with one attached hydrogen (secondary N) is 2. The first kappa shape index (κ1) is 15.3. The largest absolute Gasteiger partial charge is 0.383 e. The van der Waals surface area contributed by atoms with Gasteiger partial charge in [0, 0.05) is 18.7 Å². The molecule has 4 nitrogen and oxygen atoms in total. The van der Waals surface area contributed by atoms with Gasteiger partial charge in [0.05, 0.1) is 18.7 Å². The predicted molar refractivity (Wildman–Crippen MR) is 79.9 cm³/mol. The Bertz CT molecular complexity index is 436. The van der Waals surface area contributed by atoms with E-state index in [1.165, 1.54) is 0 Å². The molecule has 1 saturated heterocycles. The predicted octanol–water partition coefficient (Wildman–Crippen LogP) is 2.29. The minimum atomic E-state index is -0.159. The Hall–Kier alpha value is -1.10. The average Bonchev–Trinajstić information content (AvgIpc) is 2.64. The molecule has 1 aliphatic rings. The Morgan fingerprint density at radius 1 is 1.40 bits per heavy atom. The summed E-state index contributed by atoms with van der Waals surface area (Å²) in [4.78, 5) is 12.0. The summed E-state index contributed by atoms with van der Waals surface area (Å²) in [6.45, 7) is 1.29. The summed E-state index contributed by atoms with van der Waals surface area (Å²) in [5.74, 6) is 0.0811. The molecule has 1 aromatic rings. The van der Waals surface area contributed by atoms with Gasteiger partial charge >= 0.3 is 0 Å². The quantitative estimate of drug-likeness (QED) is 0.876. The molecule has 0 spiro atoms. The van der Waals surface area contributed by atoms with Gasteiger partial charge in [-0.3, -0.25) is 10.1 Å². The third-order valence-electron chi connectivity index (χ3n) is 3.54. The van der Waals surface area contributed by atoms with Crippen molar-refractivity contribution in [2.24, 2.45) is 0 Å². The van der Waals surface area contributed by atoms with Crippen molar-refractivity contribution in [2.45, 2.75) is 31.3 Å². The number of carbonyl (C=O) groups excluding carboxylic acids is 1. The van der Waals surface area contributed by atoms with Crippen molar-refractivity contribution in [3.63, 3.8) is 0 Å². The number of hydrogen-bond donors (Lipinski definition) is 2. The first-order valence-electron chi connectivity index (χ1n) is 6.99. The Morgan fingerprint density at radius 2 is 2.15 bits per heavy atom. The number of carbonyl (C=O) groups is 1. The molecule has 1 aromatic carbocycles. The zero-order valence-electron chi connectivity index (χ0n) is 11.7. The first-order valence-corrected chi connectivity index (χ1v) is 7.36. The van der Waals surface area contributed by atoms with Crippen molar-refractivity contribution < 1.29 is 9.53 Å². The lowest BCUT2D eigenvalue weighted by Gasteiger charge is -2.24. The van der Waals surface area contributed by atoms with Crippen molar-refractivity contribution in [1.82, 2.24) is 10.6 Å². The van der Waals surface area contributed by atoms with Crippen molar-refractivity contribution in [3.05, 3.63) is 34.9 Å². The number of amides is 1. The zero-order valence-corrected chi connectivity index (χ0v) is 12.5. The van der Waals surface area contributed by atoms with Gasteiger partial charge in [0.1, 0.15) is 0 Å². The van der Waals surface area contributed by atoms with E-state index in [-0.39, 0.29) is 18.0 Å². The Balaban J connectivity index is 2.07. The van der Waals surface area contributed by atoms with Gasteiger partial charge < -0.3 is 10.1 Å². The molecule has 20 heavy (non-hydrogen) atoms. The molecule has 2 unspecified atom stereocenters. The van der Waals surface area contributed by atoms with E-state index in [2.05, 4.69) is 10.6 Å². The smallest absolute Gasteiger partial charge is 0.237 e. The summed E-state index contributed by atoms with van der Waals surface area (Å²) in [6.07, 6.45) is 2.95. The van der Waals surface area contributed by atoms with E-state index in [0.717, 1.165) is 31.4 Å². The number of methoxy groups -OCH3 is 1. The maximum Gasteiger partial charge on any atom is 0.237 e. The SMILES string of the molecule is COCC(NC1CCCCNC1=O)c1ccc(Cl)cc1. The van der Waals surface area contributed by atoms with Gasteiger partial charge in [0.15, 0.2) is 0 Å². The Morgan fingerprint density at radius 3 is 2.85 bits per heavy atom. The summed E-state index contributed by atoms with van der Waals surface area (Å²) >= 11 is 5.91. The van der Waals surface area contributed by atoms with Crippen LogP contribution in [0.25, 0.3) is 0 Å². The third-order valence-corrected chi connectivity index (χ3v) is 3.80. The molecule has 0 bridgehead atoms. The van der Waals surface area contributed by atoms with Gasteiger partial charge in [-0.15, -0.1) is 0 Å². The molecule has 2 N–H and O–H groups in total. The highest BCUT2D eigenvalue weighted by molar-refractivity contribution is 6.30. The van der Waals surface area contributed by atoms with Crippen molar-refractivity contribution in [1.29, 1.82) is 0 Å². The second-order valence-corrected chi connectivity index (χ2v) is 5.50. The lowest BCUT2D eigenvalue weighted by atomic mass is 10.0. The monoisotopic (exact) mass is 296 g/mol. The van der Waals surface area contributed by atoms with Crippen LogP contribution >= 0.6 is 11.6 Å². The molecule has 1 heterocycles. The molecule has 0 aliphatic carbocycles. The van der Waals surface area contributed by atoms with Crippen LogP contribution < -0.4 is 10.6 Å². The summed E-state index contributed by atoms with van der Waals surface area (Å²) in [7, 11) is 1.66. The average molecular weight is 297 g/mol. The van der Waals surface area contributed by atoms with Crippen molar-refractivity contribution >= 4 is 17.5 Å². The first-order chi connectivity index (χ1) is 9.70. The Labute approximate surface area is 124 Å². The molecule has 2 rings (SSSR count). The minimum Gasteiger partial charge on any atom is -0.383 e. The third kappa shape index (κ3) is 4.20. The molecule has 0 radical (unpaired) electrons. The highest BCUT2D eigenvalue weighted by Gasteiger charge is 2.24. The molecule has 1 aliphatic heterocycles. The van der Waals surface area contributed by atoms with Gasteiger partial charge in [-0.1, -0.05) is 23.7 Å². The fraction of sp³-hybridized carbons (Fsp3) is 0.533. The molecule has 110 valence electrons. The van der Waals surface area contributed by atoms with Crippen molar-refractivity contribution in [3.8, 4) is 0 Å². The van der Waals surface area contributed by atoms with E-state index >= 15 is 0 Å². The van der Waals surface area contributed by atoms with Crippen LogP contribution in [0.5, 0.6) is 0 Å². The van der Waals surface area contributed by atoms with Crippen LogP contribution in [0, 0.1) is 0 Å². The highest BCUT2D eigenvalue weighted by Crippen LogP contribution is 2.19. The summed E-state index contributed by atoms with van der Waals surface area (Å²) in [6, 6.07) is 7.48. The normalized spacial score (nSPS) is 21.1. The summed E-state index contributed by atoms with van der Waals surface area (Å²) in [5.41, 5.74) is 1.08. The number of hydrogen-bond acceptors (Lipinski definition) is 3. The summed E-state index contributed by atoms with van der Waals surface area (Å²) in [5, 5.41) is 7.05. The topological polar surface area (TPSA) is 50.4 Å². The second kappa shape index (κ2) is 7.62. The van der Waals surface area contributed by atoms with Crippen LogP contribution in [0.3, 0.4) is 0 Å². The molecule has 0 saturated carbocycles. The number of ether oxygens (including phenoxy) is 1. The van der Waals surface area contributed by atoms with E-state index < -0.39 is 0 Å². The van der Waals surface area contributed by atoms with Crippen LogP contribution in [-0.4, -0.2) is 32.2 Å².